The minimum Gasteiger partial charge on any atom is -0.361 e. The number of nitrogens with zero attached hydrogens (tertiary/aromatic N) is 3. The Labute approximate surface area is 242 Å². The van der Waals surface area contributed by atoms with Crippen LogP contribution in [0.3, 0.4) is 0 Å². The smallest absolute Gasteiger partial charge is 0.318 e. The van der Waals surface area contributed by atoms with Crippen LogP contribution in [0.4, 0.5) is 10.5 Å². The van der Waals surface area contributed by atoms with Gasteiger partial charge in [-0.1, -0.05) is 67.6 Å². The maximum absolute atomic E-state index is 13.8. The molecule has 1 aliphatic rings. The van der Waals surface area contributed by atoms with Gasteiger partial charge in [-0.2, -0.15) is 0 Å². The summed E-state index contributed by atoms with van der Waals surface area (Å²) < 4.78 is 0. The van der Waals surface area contributed by atoms with Crippen LogP contribution >= 0.6 is 0 Å². The molecule has 0 saturated carbocycles. The zero-order chi connectivity index (χ0) is 28.8. The van der Waals surface area contributed by atoms with E-state index in [0.29, 0.717) is 18.8 Å². The van der Waals surface area contributed by atoms with Gasteiger partial charge in [-0.25, -0.2) is 4.79 Å². The van der Waals surface area contributed by atoms with Crippen molar-refractivity contribution in [2.45, 2.75) is 32.0 Å². The third kappa shape index (κ3) is 7.14. The van der Waals surface area contributed by atoms with Crippen LogP contribution in [-0.2, 0) is 17.9 Å². The molecule has 2 heterocycles. The van der Waals surface area contributed by atoms with Gasteiger partial charge in [0.2, 0.25) is 5.91 Å². The number of carbonyl (C=O) groups excluding carboxylic acids is 2. The highest BCUT2D eigenvalue weighted by atomic mass is 16.2. The van der Waals surface area contributed by atoms with Gasteiger partial charge >= 0.3 is 6.03 Å². The van der Waals surface area contributed by atoms with Gasteiger partial charge in [-0.05, 0) is 49.0 Å². The normalized spacial score (nSPS) is 15.6. The number of aromatic amines is 1. The molecule has 214 valence electrons. The van der Waals surface area contributed by atoms with Gasteiger partial charge in [-0.15, -0.1) is 0 Å². The van der Waals surface area contributed by atoms with Gasteiger partial charge < -0.3 is 25.4 Å². The van der Waals surface area contributed by atoms with Crippen molar-refractivity contribution in [3.63, 3.8) is 0 Å². The first-order valence-corrected chi connectivity index (χ1v) is 14.3. The van der Waals surface area contributed by atoms with Crippen LogP contribution < -0.4 is 10.6 Å². The zero-order valence-electron chi connectivity index (χ0n) is 24.1. The summed E-state index contributed by atoms with van der Waals surface area (Å²) in [5.74, 6) is -0.500. The van der Waals surface area contributed by atoms with E-state index in [-0.39, 0.29) is 17.9 Å². The molecule has 5 rings (SSSR count). The van der Waals surface area contributed by atoms with Crippen LogP contribution in [0.2, 0.25) is 0 Å². The van der Waals surface area contributed by atoms with Crippen molar-refractivity contribution in [2.24, 2.45) is 0 Å². The van der Waals surface area contributed by atoms with Crippen LogP contribution in [-0.4, -0.2) is 77.9 Å². The second-order valence-electron chi connectivity index (χ2n) is 11.2. The van der Waals surface area contributed by atoms with E-state index in [9.17, 15) is 9.59 Å². The predicted octanol–water partition coefficient (Wildman–Crippen LogP) is 4.87. The summed E-state index contributed by atoms with van der Waals surface area (Å²) >= 11 is 0. The number of aromatic nitrogens is 1. The highest BCUT2D eigenvalue weighted by Crippen LogP contribution is 2.28. The van der Waals surface area contributed by atoms with Crippen molar-refractivity contribution in [2.75, 3.05) is 45.6 Å². The summed E-state index contributed by atoms with van der Waals surface area (Å²) in [6, 6.07) is 25.3. The van der Waals surface area contributed by atoms with E-state index in [1.54, 1.807) is 0 Å². The summed E-state index contributed by atoms with van der Waals surface area (Å²) in [7, 11) is 4.03. The van der Waals surface area contributed by atoms with Crippen molar-refractivity contribution in [3.8, 4) is 0 Å². The van der Waals surface area contributed by atoms with E-state index in [2.05, 4.69) is 49.7 Å². The number of rotatable bonds is 9. The van der Waals surface area contributed by atoms with Gasteiger partial charge in [0.25, 0.3) is 0 Å². The topological polar surface area (TPSA) is 83.7 Å². The Morgan fingerprint density at radius 1 is 0.902 bits per heavy atom. The number of para-hydroxylation sites is 1. The van der Waals surface area contributed by atoms with E-state index >= 15 is 0 Å². The standard InChI is InChI=1S/C33H40N6O2/c1-24(29-21-34-30-15-8-7-14-28(29)30)31(32(40)35-27-13-9-12-26(20-27)22-37(2)3)36-33(41)39-18-16-38(17-19-39)23-25-10-5-4-6-11-25/h4-15,20-21,24,31,34H,16-19,22-23H2,1-3H3,(H,35,40)(H,36,41)/t24-,31+/m0/s1. The Morgan fingerprint density at radius 2 is 1.61 bits per heavy atom. The highest BCUT2D eigenvalue weighted by Gasteiger charge is 2.32. The van der Waals surface area contributed by atoms with Crippen LogP contribution in [0.25, 0.3) is 10.9 Å². The molecule has 8 nitrogen and oxygen atoms in total. The van der Waals surface area contributed by atoms with E-state index in [1.165, 1.54) is 5.56 Å². The molecule has 3 aromatic carbocycles. The number of hydrogen-bond acceptors (Lipinski definition) is 4. The summed E-state index contributed by atoms with van der Waals surface area (Å²) in [4.78, 5) is 36.9. The van der Waals surface area contributed by atoms with Gasteiger partial charge in [0.1, 0.15) is 6.04 Å². The van der Waals surface area contributed by atoms with Crippen molar-refractivity contribution in [1.29, 1.82) is 0 Å². The molecular weight excluding hydrogens is 512 g/mol. The second-order valence-corrected chi connectivity index (χ2v) is 11.2. The number of hydrogen-bond donors (Lipinski definition) is 3. The number of H-pyrrole nitrogens is 1. The van der Waals surface area contributed by atoms with Gasteiger partial charge in [0, 0.05) is 68.0 Å². The lowest BCUT2D eigenvalue weighted by molar-refractivity contribution is -0.118. The van der Waals surface area contributed by atoms with Crippen molar-refractivity contribution in [3.05, 3.63) is 102 Å². The maximum atomic E-state index is 13.8. The predicted molar refractivity (Wildman–Crippen MR) is 165 cm³/mol. The molecule has 0 spiro atoms. The van der Waals surface area contributed by atoms with Gasteiger partial charge in [-0.3, -0.25) is 9.69 Å². The van der Waals surface area contributed by atoms with Gasteiger partial charge in [0.05, 0.1) is 0 Å². The lowest BCUT2D eigenvalue weighted by Crippen LogP contribution is -2.56. The molecular formula is C33H40N6O2. The average Bonchev–Trinajstić information content (AvgIpc) is 3.40. The number of benzene rings is 3. The third-order valence-corrected chi connectivity index (χ3v) is 7.78. The maximum Gasteiger partial charge on any atom is 0.318 e. The number of amides is 3. The summed E-state index contributed by atoms with van der Waals surface area (Å²) in [6.45, 7) is 6.44. The molecule has 0 radical (unpaired) electrons. The largest absolute Gasteiger partial charge is 0.361 e. The molecule has 41 heavy (non-hydrogen) atoms. The molecule has 0 bridgehead atoms. The quantitative estimate of drug-likeness (QED) is 0.277. The number of urea groups is 1. The number of piperazine rings is 1. The molecule has 3 N–H and O–H groups in total. The average molecular weight is 553 g/mol. The van der Waals surface area contributed by atoms with Crippen LogP contribution in [0.15, 0.2) is 85.1 Å². The monoisotopic (exact) mass is 552 g/mol. The van der Waals surface area contributed by atoms with Crippen LogP contribution in [0.1, 0.15) is 29.5 Å². The third-order valence-electron chi connectivity index (χ3n) is 7.78. The molecule has 8 heteroatoms. The molecule has 3 amide bonds. The SMILES string of the molecule is C[C@@H](c1c[nH]c2ccccc12)[C@@H](NC(=O)N1CCN(Cc2ccccc2)CC1)C(=O)Nc1cccc(CN(C)C)c1. The highest BCUT2D eigenvalue weighted by molar-refractivity contribution is 5.98. The molecule has 4 aromatic rings. The Morgan fingerprint density at radius 3 is 2.37 bits per heavy atom. The Bertz CT molecular complexity index is 1460. The summed E-state index contributed by atoms with van der Waals surface area (Å²) in [5, 5.41) is 7.24. The van der Waals surface area contributed by atoms with Crippen LogP contribution in [0.5, 0.6) is 0 Å². The molecule has 1 fully saturated rings. The first kappa shape index (κ1) is 28.4. The summed E-state index contributed by atoms with van der Waals surface area (Å²) in [6.07, 6.45) is 1.95. The fraction of sp³-hybridized carbons (Fsp3) is 0.333. The lowest BCUT2D eigenvalue weighted by atomic mass is 9.92. The first-order valence-electron chi connectivity index (χ1n) is 14.3. The molecule has 2 atom stereocenters. The second kappa shape index (κ2) is 13.0. The Balaban J connectivity index is 1.31. The van der Waals surface area contributed by atoms with E-state index in [4.69, 9.17) is 0 Å². The van der Waals surface area contributed by atoms with Gasteiger partial charge in [0.15, 0.2) is 0 Å². The fourth-order valence-electron chi connectivity index (χ4n) is 5.58. The number of nitrogens with one attached hydrogen (secondary N) is 3. The molecule has 1 saturated heterocycles. The van der Waals surface area contributed by atoms with Crippen LogP contribution in [0, 0.1) is 0 Å². The van der Waals surface area contributed by atoms with E-state index < -0.39 is 6.04 Å². The zero-order valence-corrected chi connectivity index (χ0v) is 24.1. The first-order chi connectivity index (χ1) is 19.9. The van der Waals surface area contributed by atoms with Crippen molar-refractivity contribution in [1.82, 2.24) is 25.0 Å². The fourth-order valence-corrected chi connectivity index (χ4v) is 5.58. The Kier molecular flexibility index (Phi) is 9.01. The molecule has 1 aromatic heterocycles. The van der Waals surface area contributed by atoms with Crippen molar-refractivity contribution < 1.29 is 9.59 Å². The molecule has 0 unspecified atom stereocenters. The number of anilines is 1. The van der Waals surface area contributed by atoms with E-state index in [0.717, 1.165) is 48.2 Å². The number of fused-ring (bicyclic) bond motifs is 1. The number of carbonyl (C=O) groups is 2. The van der Waals surface area contributed by atoms with E-state index in [1.807, 2.05) is 86.7 Å². The lowest BCUT2D eigenvalue weighted by Gasteiger charge is -2.36. The molecule has 1 aliphatic heterocycles. The minimum absolute atomic E-state index is 0.211. The summed E-state index contributed by atoms with van der Waals surface area (Å²) in [5.41, 5.74) is 5.09. The molecule has 0 aliphatic carbocycles. The minimum atomic E-state index is -0.762. The van der Waals surface area contributed by atoms with Crippen molar-refractivity contribution >= 4 is 28.5 Å². The Hall–Kier alpha value is -4.14.